The monoisotopic (exact) mass is 492 g/mol. The third-order valence-electron chi connectivity index (χ3n) is 5.48. The highest BCUT2D eigenvalue weighted by Gasteiger charge is 2.38. The zero-order valence-corrected chi connectivity index (χ0v) is 21.9. The number of rotatable bonds is 9. The van der Waals surface area contributed by atoms with Crippen LogP contribution in [0.1, 0.15) is 57.4 Å². The summed E-state index contributed by atoms with van der Waals surface area (Å²) in [7, 11) is 0. The molecule has 2 aromatic carbocycles. The van der Waals surface area contributed by atoms with Crippen LogP contribution < -0.4 is 10.6 Å². The van der Waals surface area contributed by atoms with Gasteiger partial charge in [-0.1, -0.05) is 68.4 Å². The van der Waals surface area contributed by atoms with Crippen LogP contribution in [-0.4, -0.2) is 41.0 Å². The van der Waals surface area contributed by atoms with Gasteiger partial charge in [0.2, 0.25) is 11.8 Å². The van der Waals surface area contributed by atoms with Gasteiger partial charge >= 0.3 is 6.09 Å². The van der Waals surface area contributed by atoms with Crippen LogP contribution in [-0.2, 0) is 20.9 Å². The van der Waals surface area contributed by atoms with Gasteiger partial charge in [-0.2, -0.15) is 5.26 Å². The molecule has 8 nitrogen and oxygen atoms in total. The molecule has 3 amide bonds. The molecule has 0 aliphatic carbocycles. The number of nitrogens with one attached hydrogen (secondary N) is 2. The van der Waals surface area contributed by atoms with Gasteiger partial charge in [-0.15, -0.1) is 0 Å². The first-order valence-corrected chi connectivity index (χ1v) is 12.0. The molecule has 0 spiro atoms. The van der Waals surface area contributed by atoms with Gasteiger partial charge in [-0.05, 0) is 50.3 Å². The zero-order valence-electron chi connectivity index (χ0n) is 21.9. The number of hydrogen-bond acceptors (Lipinski definition) is 5. The molecule has 2 rings (SSSR count). The number of nitrogens with zero attached hydrogens (tertiary/aromatic N) is 2. The van der Waals surface area contributed by atoms with Crippen LogP contribution in [0, 0.1) is 24.2 Å². The highest BCUT2D eigenvalue weighted by molar-refractivity contribution is 5.92. The lowest BCUT2D eigenvalue weighted by Crippen LogP contribution is -2.55. The maximum Gasteiger partial charge on any atom is 0.408 e. The predicted molar refractivity (Wildman–Crippen MR) is 138 cm³/mol. The zero-order chi connectivity index (χ0) is 26.9. The molecule has 2 aromatic rings. The molecular formula is C28H36N4O4. The van der Waals surface area contributed by atoms with Gasteiger partial charge < -0.3 is 20.3 Å². The summed E-state index contributed by atoms with van der Waals surface area (Å²) in [5.74, 6) is -1.28. The van der Waals surface area contributed by atoms with E-state index in [4.69, 9.17) is 4.74 Å². The minimum absolute atomic E-state index is 0.264. The van der Waals surface area contributed by atoms with Crippen LogP contribution in [0.4, 0.5) is 4.79 Å². The van der Waals surface area contributed by atoms with E-state index in [9.17, 15) is 19.6 Å². The average molecular weight is 493 g/mol. The van der Waals surface area contributed by atoms with Crippen molar-refractivity contribution in [2.45, 2.75) is 65.8 Å². The molecule has 0 radical (unpaired) electrons. The van der Waals surface area contributed by atoms with E-state index in [1.165, 1.54) is 4.90 Å². The average Bonchev–Trinajstić information content (AvgIpc) is 2.81. The number of aryl methyl sites for hydroxylation is 1. The molecule has 0 fully saturated rings. The maximum atomic E-state index is 13.8. The molecule has 2 atom stereocenters. The lowest BCUT2D eigenvalue weighted by Gasteiger charge is -2.34. The molecular weight excluding hydrogens is 456 g/mol. The Labute approximate surface area is 213 Å². The van der Waals surface area contributed by atoms with Gasteiger partial charge in [0.05, 0.1) is 6.07 Å². The molecule has 0 aliphatic heterocycles. The maximum absolute atomic E-state index is 13.8. The van der Waals surface area contributed by atoms with Crippen LogP contribution in [0.25, 0.3) is 0 Å². The van der Waals surface area contributed by atoms with Crippen molar-refractivity contribution in [3.05, 3.63) is 71.3 Å². The van der Waals surface area contributed by atoms with Gasteiger partial charge in [-0.3, -0.25) is 9.59 Å². The smallest absolute Gasteiger partial charge is 0.408 e. The van der Waals surface area contributed by atoms with E-state index in [-0.39, 0.29) is 19.0 Å². The molecule has 0 saturated carbocycles. The van der Waals surface area contributed by atoms with E-state index in [1.54, 1.807) is 46.8 Å². The van der Waals surface area contributed by atoms with Crippen molar-refractivity contribution < 1.29 is 19.1 Å². The molecule has 8 heteroatoms. The van der Waals surface area contributed by atoms with Gasteiger partial charge in [-0.25, -0.2) is 4.79 Å². The van der Waals surface area contributed by atoms with Crippen LogP contribution in [0.2, 0.25) is 0 Å². The molecule has 0 aliphatic rings. The molecule has 192 valence electrons. The molecule has 0 aromatic heterocycles. The van der Waals surface area contributed by atoms with Crippen molar-refractivity contribution in [3.63, 3.8) is 0 Å². The van der Waals surface area contributed by atoms with E-state index in [2.05, 4.69) is 10.6 Å². The van der Waals surface area contributed by atoms with E-state index in [0.717, 1.165) is 11.1 Å². The second-order valence-electron chi connectivity index (χ2n) is 9.95. The van der Waals surface area contributed by atoms with Crippen molar-refractivity contribution in [1.82, 2.24) is 15.5 Å². The number of amides is 3. The lowest BCUT2D eigenvalue weighted by atomic mass is 9.96. The number of hydrogen-bond donors (Lipinski definition) is 2. The summed E-state index contributed by atoms with van der Waals surface area (Å²) in [6, 6.07) is 16.6. The number of benzene rings is 2. The third-order valence-corrected chi connectivity index (χ3v) is 5.48. The second kappa shape index (κ2) is 12.7. The Morgan fingerprint density at radius 2 is 1.64 bits per heavy atom. The van der Waals surface area contributed by atoms with Crippen molar-refractivity contribution >= 4 is 17.9 Å². The Hall–Kier alpha value is -3.86. The second-order valence-corrected chi connectivity index (χ2v) is 9.95. The predicted octanol–water partition coefficient (Wildman–Crippen LogP) is 4.25. The number of carbonyl (C=O) groups is 3. The van der Waals surface area contributed by atoms with Gasteiger partial charge in [0.1, 0.15) is 24.2 Å². The molecule has 0 bridgehead atoms. The van der Waals surface area contributed by atoms with Crippen LogP contribution in [0.5, 0.6) is 0 Å². The van der Waals surface area contributed by atoms with E-state index in [1.807, 2.05) is 55.5 Å². The first kappa shape index (κ1) is 28.4. The fourth-order valence-corrected chi connectivity index (χ4v) is 3.73. The van der Waals surface area contributed by atoms with Crippen LogP contribution >= 0.6 is 0 Å². The van der Waals surface area contributed by atoms with E-state index < -0.39 is 35.6 Å². The number of alkyl carbamates (subject to hydrolysis) is 1. The molecule has 2 unspecified atom stereocenters. The topological polar surface area (TPSA) is 112 Å². The molecule has 0 heterocycles. The summed E-state index contributed by atoms with van der Waals surface area (Å²) in [4.78, 5) is 41.1. The van der Waals surface area contributed by atoms with Crippen molar-refractivity contribution in [2.24, 2.45) is 5.92 Å². The highest BCUT2D eigenvalue weighted by atomic mass is 16.6. The quantitative estimate of drug-likeness (QED) is 0.508. The molecule has 0 saturated heterocycles. The van der Waals surface area contributed by atoms with E-state index in [0.29, 0.717) is 5.56 Å². The van der Waals surface area contributed by atoms with Gasteiger partial charge in [0.25, 0.3) is 0 Å². The summed E-state index contributed by atoms with van der Waals surface area (Å²) in [5, 5.41) is 15.1. The standard InChI is InChI=1S/C28H36N4O4/c1-19(2)23(31-27(35)36-28(4,5)6)26(34)32(17-16-29)24(22-15-11-10-12-20(22)3)25(33)30-18-21-13-8-7-9-14-21/h7-15,19,23-24H,17-18H2,1-6H3,(H,30,33)(H,31,35). The summed E-state index contributed by atoms with van der Waals surface area (Å²) < 4.78 is 5.34. The summed E-state index contributed by atoms with van der Waals surface area (Å²) in [6.07, 6.45) is -0.743. The van der Waals surface area contributed by atoms with Gasteiger partial charge in [0, 0.05) is 6.54 Å². The largest absolute Gasteiger partial charge is 0.444 e. The number of carbonyl (C=O) groups excluding carboxylic acids is 3. The van der Waals surface area contributed by atoms with Crippen molar-refractivity contribution in [2.75, 3.05) is 6.54 Å². The lowest BCUT2D eigenvalue weighted by molar-refractivity contribution is -0.142. The Morgan fingerprint density at radius 1 is 1.03 bits per heavy atom. The minimum Gasteiger partial charge on any atom is -0.444 e. The number of ether oxygens (including phenoxy) is 1. The van der Waals surface area contributed by atoms with Crippen LogP contribution in [0.15, 0.2) is 54.6 Å². The molecule has 2 N–H and O–H groups in total. The number of nitriles is 1. The van der Waals surface area contributed by atoms with Crippen molar-refractivity contribution in [3.8, 4) is 6.07 Å². The summed E-state index contributed by atoms with van der Waals surface area (Å²) in [5.41, 5.74) is 1.56. The van der Waals surface area contributed by atoms with Crippen molar-refractivity contribution in [1.29, 1.82) is 5.26 Å². The van der Waals surface area contributed by atoms with Gasteiger partial charge in [0.15, 0.2) is 0 Å². The Kier molecular flexibility index (Phi) is 10.0. The SMILES string of the molecule is Cc1ccccc1C(C(=O)NCc1ccccc1)N(CC#N)C(=O)C(NC(=O)OC(C)(C)C)C(C)C. The fraction of sp³-hybridized carbons (Fsp3) is 0.429. The Morgan fingerprint density at radius 3 is 2.19 bits per heavy atom. The highest BCUT2D eigenvalue weighted by Crippen LogP contribution is 2.26. The Balaban J connectivity index is 2.43. The normalized spacial score (nSPS) is 12.7. The third kappa shape index (κ3) is 8.12. The first-order valence-electron chi connectivity index (χ1n) is 12.0. The van der Waals surface area contributed by atoms with Crippen LogP contribution in [0.3, 0.4) is 0 Å². The first-order chi connectivity index (χ1) is 16.9. The minimum atomic E-state index is -1.07. The van der Waals surface area contributed by atoms with E-state index >= 15 is 0 Å². The Bertz CT molecular complexity index is 1090. The summed E-state index contributed by atoms with van der Waals surface area (Å²) >= 11 is 0. The fourth-order valence-electron chi connectivity index (χ4n) is 3.73. The summed E-state index contributed by atoms with van der Waals surface area (Å²) in [6.45, 7) is 10.5. The molecule has 36 heavy (non-hydrogen) atoms.